The number of benzene rings is 2. The fourth-order valence-electron chi connectivity index (χ4n) is 1.65. The molecular formula is C14H12N2O. The standard InChI is InChI=1S/C14H12N2O/c1-17-12-5-3-11(4-6-12)13-8-10(9-15)2-7-14(13)16/h2-8H,16H2,1H3. The maximum absolute atomic E-state index is 8.87. The summed E-state index contributed by atoms with van der Waals surface area (Å²) >= 11 is 0. The normalized spacial score (nSPS) is 9.65. The summed E-state index contributed by atoms with van der Waals surface area (Å²) in [5.74, 6) is 0.795. The molecule has 0 aliphatic rings. The van der Waals surface area contributed by atoms with Gasteiger partial charge in [0.15, 0.2) is 0 Å². The molecule has 0 heterocycles. The lowest BCUT2D eigenvalue weighted by Gasteiger charge is -2.07. The van der Waals surface area contributed by atoms with Crippen molar-refractivity contribution in [2.24, 2.45) is 0 Å². The largest absolute Gasteiger partial charge is 0.497 e. The molecule has 3 heteroatoms. The zero-order chi connectivity index (χ0) is 12.3. The van der Waals surface area contributed by atoms with E-state index in [2.05, 4.69) is 6.07 Å². The number of nitrogens with two attached hydrogens (primary N) is 1. The number of hydrogen-bond donors (Lipinski definition) is 1. The van der Waals surface area contributed by atoms with Gasteiger partial charge in [0.1, 0.15) is 5.75 Å². The lowest BCUT2D eigenvalue weighted by atomic mass is 10.0. The van der Waals surface area contributed by atoms with Crippen LogP contribution in [0.15, 0.2) is 42.5 Å². The van der Waals surface area contributed by atoms with Gasteiger partial charge in [-0.25, -0.2) is 0 Å². The summed E-state index contributed by atoms with van der Waals surface area (Å²) < 4.78 is 5.10. The van der Waals surface area contributed by atoms with Gasteiger partial charge in [0.2, 0.25) is 0 Å². The van der Waals surface area contributed by atoms with E-state index in [0.717, 1.165) is 16.9 Å². The van der Waals surface area contributed by atoms with Crippen LogP contribution in [0, 0.1) is 11.3 Å². The van der Waals surface area contributed by atoms with E-state index in [-0.39, 0.29) is 0 Å². The Kier molecular flexibility index (Phi) is 2.97. The molecule has 0 saturated carbocycles. The quantitative estimate of drug-likeness (QED) is 0.798. The zero-order valence-corrected chi connectivity index (χ0v) is 9.47. The highest BCUT2D eigenvalue weighted by Gasteiger charge is 2.04. The first-order valence-corrected chi connectivity index (χ1v) is 5.18. The highest BCUT2D eigenvalue weighted by atomic mass is 16.5. The van der Waals surface area contributed by atoms with E-state index in [9.17, 15) is 0 Å². The van der Waals surface area contributed by atoms with Crippen molar-refractivity contribution in [3.05, 3.63) is 48.0 Å². The van der Waals surface area contributed by atoms with Crippen LogP contribution in [0.25, 0.3) is 11.1 Å². The molecule has 0 atom stereocenters. The number of nitriles is 1. The second kappa shape index (κ2) is 4.58. The maximum atomic E-state index is 8.87. The molecule has 0 aliphatic carbocycles. The van der Waals surface area contributed by atoms with Crippen LogP contribution in [-0.4, -0.2) is 7.11 Å². The van der Waals surface area contributed by atoms with Crippen molar-refractivity contribution in [2.75, 3.05) is 12.8 Å². The van der Waals surface area contributed by atoms with Crippen LogP contribution in [0.2, 0.25) is 0 Å². The van der Waals surface area contributed by atoms with Crippen LogP contribution >= 0.6 is 0 Å². The van der Waals surface area contributed by atoms with Crippen LogP contribution in [0.4, 0.5) is 5.69 Å². The number of rotatable bonds is 2. The van der Waals surface area contributed by atoms with Crippen LogP contribution < -0.4 is 10.5 Å². The number of anilines is 1. The number of ether oxygens (including phenoxy) is 1. The summed E-state index contributed by atoms with van der Waals surface area (Å²) in [6, 6.07) is 14.9. The summed E-state index contributed by atoms with van der Waals surface area (Å²) in [5, 5.41) is 8.87. The molecular weight excluding hydrogens is 212 g/mol. The average molecular weight is 224 g/mol. The van der Waals surface area contributed by atoms with Crippen molar-refractivity contribution in [1.82, 2.24) is 0 Å². The first kappa shape index (κ1) is 11.0. The molecule has 0 unspecified atom stereocenters. The Morgan fingerprint density at radius 2 is 1.82 bits per heavy atom. The lowest BCUT2D eigenvalue weighted by molar-refractivity contribution is 0.415. The van der Waals surface area contributed by atoms with E-state index in [1.54, 1.807) is 25.3 Å². The number of nitrogen functional groups attached to an aromatic ring is 1. The van der Waals surface area contributed by atoms with Gasteiger partial charge in [0, 0.05) is 11.3 Å². The molecule has 17 heavy (non-hydrogen) atoms. The van der Waals surface area contributed by atoms with E-state index in [0.29, 0.717) is 11.3 Å². The van der Waals surface area contributed by atoms with Gasteiger partial charge in [-0.1, -0.05) is 12.1 Å². The first-order chi connectivity index (χ1) is 8.24. The van der Waals surface area contributed by atoms with Crippen molar-refractivity contribution in [1.29, 1.82) is 5.26 Å². The predicted octanol–water partition coefficient (Wildman–Crippen LogP) is 2.82. The summed E-state index contributed by atoms with van der Waals surface area (Å²) in [7, 11) is 1.62. The third-order valence-electron chi connectivity index (χ3n) is 2.58. The van der Waals surface area contributed by atoms with E-state index in [4.69, 9.17) is 15.7 Å². The van der Waals surface area contributed by atoms with Gasteiger partial charge in [-0.3, -0.25) is 0 Å². The van der Waals surface area contributed by atoms with Crippen molar-refractivity contribution in [3.8, 4) is 22.9 Å². The Labute approximate surface area is 100 Å². The number of methoxy groups -OCH3 is 1. The van der Waals surface area contributed by atoms with Crippen LogP contribution in [-0.2, 0) is 0 Å². The molecule has 0 aliphatic heterocycles. The minimum Gasteiger partial charge on any atom is -0.497 e. The van der Waals surface area contributed by atoms with Crippen molar-refractivity contribution < 1.29 is 4.74 Å². The molecule has 0 amide bonds. The fourth-order valence-corrected chi connectivity index (χ4v) is 1.65. The molecule has 0 radical (unpaired) electrons. The Hall–Kier alpha value is -2.47. The molecule has 2 aromatic rings. The summed E-state index contributed by atoms with van der Waals surface area (Å²) in [6.07, 6.45) is 0. The number of nitrogens with zero attached hydrogens (tertiary/aromatic N) is 1. The molecule has 0 fully saturated rings. The van der Waals surface area contributed by atoms with Gasteiger partial charge in [0.05, 0.1) is 18.7 Å². The zero-order valence-electron chi connectivity index (χ0n) is 9.47. The lowest BCUT2D eigenvalue weighted by Crippen LogP contribution is -1.91. The van der Waals surface area contributed by atoms with Crippen LogP contribution in [0.1, 0.15) is 5.56 Å². The maximum Gasteiger partial charge on any atom is 0.118 e. The molecule has 3 nitrogen and oxygen atoms in total. The molecule has 84 valence electrons. The van der Waals surface area contributed by atoms with Gasteiger partial charge in [-0.2, -0.15) is 5.26 Å². The second-order valence-electron chi connectivity index (χ2n) is 3.64. The summed E-state index contributed by atoms with van der Waals surface area (Å²) in [6.45, 7) is 0. The van der Waals surface area contributed by atoms with Crippen molar-refractivity contribution in [3.63, 3.8) is 0 Å². The first-order valence-electron chi connectivity index (χ1n) is 5.18. The second-order valence-corrected chi connectivity index (χ2v) is 3.64. The Bertz CT molecular complexity index is 568. The van der Waals surface area contributed by atoms with E-state index in [1.165, 1.54) is 0 Å². The van der Waals surface area contributed by atoms with E-state index >= 15 is 0 Å². The summed E-state index contributed by atoms with van der Waals surface area (Å²) in [5.41, 5.74) is 9.01. The molecule has 2 rings (SSSR count). The van der Waals surface area contributed by atoms with Crippen molar-refractivity contribution in [2.45, 2.75) is 0 Å². The van der Waals surface area contributed by atoms with Gasteiger partial charge < -0.3 is 10.5 Å². The molecule has 0 saturated heterocycles. The molecule has 0 aromatic heterocycles. The van der Waals surface area contributed by atoms with Gasteiger partial charge >= 0.3 is 0 Å². The van der Waals surface area contributed by atoms with Gasteiger partial charge in [0.25, 0.3) is 0 Å². The Balaban J connectivity index is 2.48. The third-order valence-corrected chi connectivity index (χ3v) is 2.58. The smallest absolute Gasteiger partial charge is 0.118 e. The average Bonchev–Trinajstić information content (AvgIpc) is 2.39. The minimum atomic E-state index is 0.602. The van der Waals surface area contributed by atoms with Crippen LogP contribution in [0.3, 0.4) is 0 Å². The van der Waals surface area contributed by atoms with E-state index < -0.39 is 0 Å². The highest BCUT2D eigenvalue weighted by molar-refractivity contribution is 5.77. The number of hydrogen-bond acceptors (Lipinski definition) is 3. The Morgan fingerprint density at radius 1 is 1.12 bits per heavy atom. The SMILES string of the molecule is COc1ccc(-c2cc(C#N)ccc2N)cc1. The Morgan fingerprint density at radius 3 is 2.41 bits per heavy atom. The third kappa shape index (κ3) is 2.21. The summed E-state index contributed by atoms with van der Waals surface area (Å²) in [4.78, 5) is 0. The molecule has 0 spiro atoms. The molecule has 2 aromatic carbocycles. The molecule has 0 bridgehead atoms. The fraction of sp³-hybridized carbons (Fsp3) is 0.0714. The van der Waals surface area contributed by atoms with Crippen LogP contribution in [0.5, 0.6) is 5.75 Å². The highest BCUT2D eigenvalue weighted by Crippen LogP contribution is 2.28. The van der Waals surface area contributed by atoms with Gasteiger partial charge in [-0.05, 0) is 35.9 Å². The minimum absolute atomic E-state index is 0.602. The topological polar surface area (TPSA) is 59.0 Å². The van der Waals surface area contributed by atoms with E-state index in [1.807, 2.05) is 24.3 Å². The van der Waals surface area contributed by atoms with Gasteiger partial charge in [-0.15, -0.1) is 0 Å². The predicted molar refractivity (Wildman–Crippen MR) is 67.6 cm³/mol. The monoisotopic (exact) mass is 224 g/mol. The van der Waals surface area contributed by atoms with Crippen molar-refractivity contribution >= 4 is 5.69 Å². The molecule has 2 N–H and O–H groups in total.